The molecule has 8 nitrogen and oxygen atoms in total. The number of nitrogens with zero attached hydrogens (tertiary/aromatic N) is 3. The molecule has 24 heavy (non-hydrogen) atoms. The first-order valence-corrected chi connectivity index (χ1v) is 9.20. The van der Waals surface area contributed by atoms with Gasteiger partial charge in [-0.25, -0.2) is 23.1 Å². The van der Waals surface area contributed by atoms with Gasteiger partial charge in [-0.1, -0.05) is 11.6 Å². The number of halogens is 1. The van der Waals surface area contributed by atoms with Crippen molar-refractivity contribution in [2.45, 2.75) is 11.8 Å². The fraction of sp³-hybridized carbons (Fsp3) is 0.0769. The number of benzene rings is 1. The highest BCUT2D eigenvalue weighted by Gasteiger charge is 2.23. The third-order valence-electron chi connectivity index (χ3n) is 2.97. The zero-order valence-electron chi connectivity index (χ0n) is 12.1. The van der Waals surface area contributed by atoms with Gasteiger partial charge < -0.3 is 0 Å². The van der Waals surface area contributed by atoms with E-state index in [1.807, 2.05) is 4.72 Å². The first kappa shape index (κ1) is 16.6. The predicted octanol–water partition coefficient (Wildman–Crippen LogP) is 2.01. The van der Waals surface area contributed by atoms with Crippen molar-refractivity contribution < 1.29 is 13.2 Å². The Morgan fingerprint density at radius 3 is 2.62 bits per heavy atom. The van der Waals surface area contributed by atoms with Gasteiger partial charge in [0.15, 0.2) is 10.8 Å². The number of aryl methyl sites for hydroxylation is 1. The second kappa shape index (κ2) is 6.30. The Bertz CT molecular complexity index is 981. The van der Waals surface area contributed by atoms with E-state index < -0.39 is 15.9 Å². The number of thiazole rings is 1. The fourth-order valence-electron chi connectivity index (χ4n) is 1.86. The summed E-state index contributed by atoms with van der Waals surface area (Å²) in [6, 6.07) is 5.50. The average molecular weight is 384 g/mol. The van der Waals surface area contributed by atoms with Gasteiger partial charge in [-0.15, -0.1) is 11.3 Å². The summed E-state index contributed by atoms with van der Waals surface area (Å²) in [7, 11) is -4.00. The summed E-state index contributed by atoms with van der Waals surface area (Å²) in [5, 5.41) is 7.19. The molecule has 0 radical (unpaired) electrons. The third-order valence-corrected chi connectivity index (χ3v) is 5.73. The van der Waals surface area contributed by atoms with Gasteiger partial charge in [0.1, 0.15) is 11.2 Å². The van der Waals surface area contributed by atoms with Crippen LogP contribution in [0.3, 0.4) is 0 Å². The maximum absolute atomic E-state index is 12.3. The standard InChI is InChI=1S/C13H10ClN5O3S2/c1-7-10(23-13(17-7)11-15-6-16-18-11)12(20)19-24(21,22)9-4-2-8(14)3-5-9/h2-6H,1H3,(H,19,20)(H,15,16,18). The quantitative estimate of drug-likeness (QED) is 0.711. The fourth-order valence-corrected chi connectivity index (χ4v) is 3.91. The van der Waals surface area contributed by atoms with Crippen LogP contribution in [0.2, 0.25) is 5.02 Å². The molecule has 0 fully saturated rings. The van der Waals surface area contributed by atoms with Crippen LogP contribution in [0.5, 0.6) is 0 Å². The van der Waals surface area contributed by atoms with Gasteiger partial charge in [-0.3, -0.25) is 9.89 Å². The molecule has 0 aliphatic heterocycles. The number of carbonyl (C=O) groups excluding carboxylic acids is 1. The Hall–Kier alpha value is -2.30. The van der Waals surface area contributed by atoms with Gasteiger partial charge in [-0.2, -0.15) is 5.10 Å². The Labute approximate surface area is 146 Å². The van der Waals surface area contributed by atoms with E-state index in [1.54, 1.807) is 6.92 Å². The summed E-state index contributed by atoms with van der Waals surface area (Å²) >= 11 is 6.75. The Balaban J connectivity index is 1.86. The minimum atomic E-state index is -4.00. The van der Waals surface area contributed by atoms with E-state index in [4.69, 9.17) is 11.6 Å². The molecule has 1 aromatic carbocycles. The topological polar surface area (TPSA) is 118 Å². The lowest BCUT2D eigenvalue weighted by Gasteiger charge is -2.06. The van der Waals surface area contributed by atoms with E-state index in [0.717, 1.165) is 11.3 Å². The zero-order chi connectivity index (χ0) is 17.3. The van der Waals surface area contributed by atoms with Crippen LogP contribution < -0.4 is 4.72 Å². The second-order valence-corrected chi connectivity index (χ2v) is 7.77. The molecule has 3 rings (SSSR count). The van der Waals surface area contributed by atoms with E-state index in [9.17, 15) is 13.2 Å². The average Bonchev–Trinajstić information content (AvgIpc) is 3.16. The lowest BCUT2D eigenvalue weighted by Crippen LogP contribution is -2.30. The summed E-state index contributed by atoms with van der Waals surface area (Å²) in [4.78, 5) is 20.6. The van der Waals surface area contributed by atoms with Crippen molar-refractivity contribution in [2.24, 2.45) is 0 Å². The highest BCUT2D eigenvalue weighted by atomic mass is 35.5. The van der Waals surface area contributed by atoms with Crippen molar-refractivity contribution in [3.05, 3.63) is 46.2 Å². The van der Waals surface area contributed by atoms with E-state index in [2.05, 4.69) is 20.2 Å². The molecule has 11 heteroatoms. The minimum Gasteiger partial charge on any atom is -0.267 e. The molecule has 0 saturated carbocycles. The SMILES string of the molecule is Cc1nc(-c2ncn[nH]2)sc1C(=O)NS(=O)(=O)c1ccc(Cl)cc1. The number of hydrogen-bond acceptors (Lipinski definition) is 7. The summed E-state index contributed by atoms with van der Waals surface area (Å²) in [5.74, 6) is -0.353. The predicted molar refractivity (Wildman–Crippen MR) is 88.3 cm³/mol. The molecule has 3 aromatic rings. The number of amides is 1. The number of hydrogen-bond donors (Lipinski definition) is 2. The van der Waals surface area contributed by atoms with Crippen molar-refractivity contribution >= 4 is 38.9 Å². The van der Waals surface area contributed by atoms with Crippen LogP contribution >= 0.6 is 22.9 Å². The summed E-state index contributed by atoms with van der Waals surface area (Å²) in [6.07, 6.45) is 1.32. The monoisotopic (exact) mass is 383 g/mol. The van der Waals surface area contributed by atoms with Gasteiger partial charge in [-0.05, 0) is 31.2 Å². The highest BCUT2D eigenvalue weighted by molar-refractivity contribution is 7.90. The first-order chi connectivity index (χ1) is 11.4. The lowest BCUT2D eigenvalue weighted by molar-refractivity contribution is 0.0984. The number of aromatic amines is 1. The molecule has 0 bridgehead atoms. The number of nitrogens with one attached hydrogen (secondary N) is 2. The van der Waals surface area contributed by atoms with Crippen molar-refractivity contribution in [3.8, 4) is 10.8 Å². The van der Waals surface area contributed by atoms with Crippen LogP contribution in [0.1, 0.15) is 15.4 Å². The van der Waals surface area contributed by atoms with E-state index in [-0.39, 0.29) is 9.77 Å². The molecule has 2 aromatic heterocycles. The van der Waals surface area contributed by atoms with Crippen LogP contribution in [0.4, 0.5) is 0 Å². The molecular formula is C13H10ClN5O3S2. The van der Waals surface area contributed by atoms with Crippen molar-refractivity contribution in [2.75, 3.05) is 0 Å². The number of sulfonamides is 1. The molecule has 0 spiro atoms. The molecule has 2 heterocycles. The number of carbonyl (C=O) groups is 1. The molecule has 1 amide bonds. The van der Waals surface area contributed by atoms with Gasteiger partial charge in [0, 0.05) is 5.02 Å². The maximum Gasteiger partial charge on any atom is 0.277 e. The Morgan fingerprint density at radius 1 is 1.29 bits per heavy atom. The smallest absolute Gasteiger partial charge is 0.267 e. The molecule has 0 aliphatic carbocycles. The number of aromatic nitrogens is 4. The summed E-state index contributed by atoms with van der Waals surface area (Å²) < 4.78 is 26.5. The number of H-pyrrole nitrogens is 1. The normalized spacial score (nSPS) is 11.4. The third kappa shape index (κ3) is 3.30. The lowest BCUT2D eigenvalue weighted by atomic mass is 10.4. The molecule has 2 N–H and O–H groups in total. The van der Waals surface area contributed by atoms with Gasteiger partial charge >= 0.3 is 0 Å². The van der Waals surface area contributed by atoms with Crippen LogP contribution in [0.15, 0.2) is 35.5 Å². The zero-order valence-corrected chi connectivity index (χ0v) is 14.5. The minimum absolute atomic E-state index is 0.0575. The van der Waals surface area contributed by atoms with Gasteiger partial charge in [0.25, 0.3) is 15.9 Å². The van der Waals surface area contributed by atoms with E-state index in [0.29, 0.717) is 21.5 Å². The molecule has 0 atom stereocenters. The van der Waals surface area contributed by atoms with E-state index in [1.165, 1.54) is 30.6 Å². The molecule has 0 unspecified atom stereocenters. The van der Waals surface area contributed by atoms with Crippen molar-refractivity contribution in [1.82, 2.24) is 24.9 Å². The maximum atomic E-state index is 12.3. The highest BCUT2D eigenvalue weighted by Crippen LogP contribution is 2.25. The summed E-state index contributed by atoms with van der Waals surface area (Å²) in [5.41, 5.74) is 0.398. The van der Waals surface area contributed by atoms with Crippen LogP contribution in [0.25, 0.3) is 10.8 Å². The van der Waals surface area contributed by atoms with Gasteiger partial charge in [0.05, 0.1) is 10.6 Å². The first-order valence-electron chi connectivity index (χ1n) is 6.53. The Morgan fingerprint density at radius 2 is 2.00 bits per heavy atom. The molecule has 0 saturated heterocycles. The van der Waals surface area contributed by atoms with Crippen LogP contribution in [-0.4, -0.2) is 34.5 Å². The second-order valence-electron chi connectivity index (χ2n) is 4.66. The molecular weight excluding hydrogens is 374 g/mol. The van der Waals surface area contributed by atoms with Gasteiger partial charge in [0.2, 0.25) is 0 Å². The summed E-state index contributed by atoms with van der Waals surface area (Å²) in [6.45, 7) is 1.61. The largest absolute Gasteiger partial charge is 0.277 e. The number of rotatable bonds is 4. The van der Waals surface area contributed by atoms with Crippen LogP contribution in [-0.2, 0) is 10.0 Å². The Kier molecular flexibility index (Phi) is 4.35. The van der Waals surface area contributed by atoms with E-state index >= 15 is 0 Å². The van der Waals surface area contributed by atoms with Crippen LogP contribution in [0, 0.1) is 6.92 Å². The molecule has 0 aliphatic rings. The molecule has 124 valence electrons. The van der Waals surface area contributed by atoms with Crippen molar-refractivity contribution in [1.29, 1.82) is 0 Å². The van der Waals surface area contributed by atoms with Crippen molar-refractivity contribution in [3.63, 3.8) is 0 Å².